The molecule has 5 nitrogen and oxygen atoms in total. The van der Waals surface area contributed by atoms with Gasteiger partial charge in [0.2, 0.25) is 0 Å². The molecule has 0 saturated carbocycles. The smallest absolute Gasteiger partial charge is 0.159 e. The van der Waals surface area contributed by atoms with Gasteiger partial charge in [0.05, 0.1) is 18.5 Å². The van der Waals surface area contributed by atoms with Gasteiger partial charge in [-0.15, -0.1) is 0 Å². The average molecular weight is 427 g/mol. The zero-order valence-corrected chi connectivity index (χ0v) is 18.0. The molecule has 1 fully saturated rings. The predicted molar refractivity (Wildman–Crippen MR) is 119 cm³/mol. The Morgan fingerprint density at radius 1 is 1.13 bits per heavy atom. The van der Waals surface area contributed by atoms with Crippen LogP contribution in [0.4, 0.5) is 10.1 Å². The Labute approximate surface area is 181 Å². The van der Waals surface area contributed by atoms with Crippen molar-refractivity contribution in [2.75, 3.05) is 38.2 Å². The van der Waals surface area contributed by atoms with Crippen molar-refractivity contribution in [2.45, 2.75) is 35.8 Å². The number of alkyl halides is 1. The summed E-state index contributed by atoms with van der Waals surface area (Å²) in [6.45, 7) is 3.74. The van der Waals surface area contributed by atoms with Gasteiger partial charge >= 0.3 is 0 Å². The summed E-state index contributed by atoms with van der Waals surface area (Å²) in [5, 5.41) is 0. The summed E-state index contributed by atoms with van der Waals surface area (Å²) in [5.74, 6) is 0.878. The molecule has 1 saturated heterocycles. The zero-order valence-electron chi connectivity index (χ0n) is 17.2. The predicted octanol–water partition coefficient (Wildman–Crippen LogP) is 4.42. The first-order valence-corrected chi connectivity index (χ1v) is 11.5. The van der Waals surface area contributed by atoms with Gasteiger partial charge in [-0.1, -0.05) is 11.8 Å². The number of hydrogen-bond donors (Lipinski definition) is 0. The molecular formula is C23H27FN4OS. The third-order valence-corrected chi connectivity index (χ3v) is 7.41. The summed E-state index contributed by atoms with van der Waals surface area (Å²) in [6, 6.07) is 10.4. The molecule has 0 amide bonds. The third-order valence-electron chi connectivity index (χ3n) is 6.12. The Morgan fingerprint density at radius 3 is 2.70 bits per heavy atom. The van der Waals surface area contributed by atoms with E-state index in [9.17, 15) is 4.39 Å². The molecule has 5 rings (SSSR count). The second-order valence-corrected chi connectivity index (χ2v) is 9.10. The van der Waals surface area contributed by atoms with Crippen LogP contribution in [0.1, 0.15) is 24.8 Å². The van der Waals surface area contributed by atoms with E-state index in [0.717, 1.165) is 38.3 Å². The molecule has 0 bridgehead atoms. The van der Waals surface area contributed by atoms with Gasteiger partial charge < -0.3 is 19.4 Å². The Balaban J connectivity index is 1.35. The second-order valence-electron chi connectivity index (χ2n) is 8.00. The van der Waals surface area contributed by atoms with Gasteiger partial charge in [-0.25, -0.2) is 4.39 Å². The minimum absolute atomic E-state index is 0.215. The van der Waals surface area contributed by atoms with E-state index >= 15 is 0 Å². The van der Waals surface area contributed by atoms with Crippen molar-refractivity contribution >= 4 is 23.1 Å². The molecule has 0 spiro atoms. The molecule has 1 aromatic heterocycles. The summed E-state index contributed by atoms with van der Waals surface area (Å²) in [5.41, 5.74) is 3.82. The van der Waals surface area contributed by atoms with Crippen LogP contribution in [0.3, 0.4) is 0 Å². The summed E-state index contributed by atoms with van der Waals surface area (Å²) in [6.07, 6.45) is 7.76. The number of nitrogens with zero attached hydrogens (tertiary/aromatic N) is 4. The summed E-state index contributed by atoms with van der Waals surface area (Å²) < 4.78 is 18.9. The molecule has 0 N–H and O–H groups in total. The first-order valence-electron chi connectivity index (χ1n) is 10.6. The second kappa shape index (κ2) is 8.47. The van der Waals surface area contributed by atoms with E-state index in [4.69, 9.17) is 4.74 Å². The molecule has 1 unspecified atom stereocenters. The van der Waals surface area contributed by atoms with Crippen molar-refractivity contribution in [3.63, 3.8) is 0 Å². The number of aromatic nitrogens is 1. The fraction of sp³-hybridized carbons (Fsp3) is 0.435. The average Bonchev–Trinajstić information content (AvgIpc) is 3.32. The summed E-state index contributed by atoms with van der Waals surface area (Å²) in [4.78, 5) is 12.7. The highest BCUT2D eigenvalue weighted by molar-refractivity contribution is 8.00. The van der Waals surface area contributed by atoms with Gasteiger partial charge in [0.25, 0.3) is 0 Å². The van der Waals surface area contributed by atoms with E-state index in [-0.39, 0.29) is 5.50 Å². The highest BCUT2D eigenvalue weighted by Gasteiger charge is 2.40. The van der Waals surface area contributed by atoms with Crippen LogP contribution in [0.5, 0.6) is 5.75 Å². The van der Waals surface area contributed by atoms with Crippen LogP contribution in [-0.2, 0) is 0 Å². The van der Waals surface area contributed by atoms with E-state index in [2.05, 4.69) is 50.1 Å². The van der Waals surface area contributed by atoms with Crippen molar-refractivity contribution in [1.82, 2.24) is 14.8 Å². The number of methoxy groups -OCH3 is 1. The van der Waals surface area contributed by atoms with Crippen LogP contribution in [-0.4, -0.2) is 59.7 Å². The molecule has 3 aliphatic heterocycles. The van der Waals surface area contributed by atoms with Gasteiger partial charge in [0.15, 0.2) is 5.50 Å². The molecule has 7 heteroatoms. The fourth-order valence-corrected chi connectivity index (χ4v) is 5.76. The first kappa shape index (κ1) is 19.7. The van der Waals surface area contributed by atoms with Crippen molar-refractivity contribution in [2.24, 2.45) is 0 Å². The lowest BCUT2D eigenvalue weighted by Gasteiger charge is -2.32. The van der Waals surface area contributed by atoms with Crippen LogP contribution in [0.25, 0.3) is 5.70 Å². The lowest BCUT2D eigenvalue weighted by Crippen LogP contribution is -2.38. The number of fused-ring (bicyclic) bond motifs is 3. The SMILES string of the molecule is COc1ccc2c(c1)N1C=C(c3ccncc3)N(CCCN3CCC(F)CC3)C1S2. The number of likely N-dealkylation sites (tertiary alicyclic amines) is 1. The molecule has 0 aliphatic carbocycles. The molecule has 2 aromatic rings. The quantitative estimate of drug-likeness (QED) is 0.680. The standard InChI is InChI=1S/C23H27FN4OS/c1-29-19-3-4-22-20(15-19)28-16-21(17-5-9-25-10-6-17)27(23(28)30-22)12-2-11-26-13-7-18(24)8-14-26/h3-6,9-10,15-16,18,23H,2,7-8,11-14H2,1H3. The Morgan fingerprint density at radius 2 is 1.93 bits per heavy atom. The van der Waals surface area contributed by atoms with Crippen molar-refractivity contribution < 1.29 is 9.13 Å². The Bertz CT molecular complexity index is 917. The van der Waals surface area contributed by atoms with Gasteiger partial charge in [-0.2, -0.15) is 0 Å². The number of rotatable bonds is 6. The summed E-state index contributed by atoms with van der Waals surface area (Å²) >= 11 is 1.88. The number of ether oxygens (including phenoxy) is 1. The van der Waals surface area contributed by atoms with Crippen LogP contribution in [0.2, 0.25) is 0 Å². The maximum Gasteiger partial charge on any atom is 0.159 e. The van der Waals surface area contributed by atoms with Crippen LogP contribution in [0.15, 0.2) is 53.8 Å². The van der Waals surface area contributed by atoms with E-state index in [0.29, 0.717) is 12.8 Å². The maximum atomic E-state index is 13.4. The number of pyridine rings is 1. The molecule has 30 heavy (non-hydrogen) atoms. The van der Waals surface area contributed by atoms with Crippen LogP contribution in [0, 0.1) is 0 Å². The van der Waals surface area contributed by atoms with E-state index in [1.165, 1.54) is 21.8 Å². The lowest BCUT2D eigenvalue weighted by atomic mass is 10.1. The highest BCUT2D eigenvalue weighted by Crippen LogP contribution is 2.51. The first-order chi connectivity index (χ1) is 14.7. The number of halogens is 1. The Kier molecular flexibility index (Phi) is 5.56. The monoisotopic (exact) mass is 426 g/mol. The number of benzene rings is 1. The molecule has 158 valence electrons. The molecule has 0 radical (unpaired) electrons. The maximum absolute atomic E-state index is 13.4. The number of hydrogen-bond acceptors (Lipinski definition) is 6. The molecule has 4 heterocycles. The summed E-state index contributed by atoms with van der Waals surface area (Å²) in [7, 11) is 1.71. The number of anilines is 1. The molecule has 3 aliphatic rings. The fourth-order valence-electron chi connectivity index (χ4n) is 4.47. The minimum Gasteiger partial charge on any atom is -0.497 e. The van der Waals surface area contributed by atoms with E-state index in [1.807, 2.05) is 30.2 Å². The van der Waals surface area contributed by atoms with E-state index < -0.39 is 6.17 Å². The largest absolute Gasteiger partial charge is 0.497 e. The van der Waals surface area contributed by atoms with Gasteiger partial charge in [-0.3, -0.25) is 4.98 Å². The topological polar surface area (TPSA) is 31.8 Å². The zero-order chi connectivity index (χ0) is 20.5. The van der Waals surface area contributed by atoms with Gasteiger partial charge in [0, 0.05) is 54.8 Å². The minimum atomic E-state index is -0.611. The number of thioether (sulfide) groups is 1. The van der Waals surface area contributed by atoms with Crippen LogP contribution >= 0.6 is 11.8 Å². The molecule has 1 aromatic carbocycles. The van der Waals surface area contributed by atoms with Crippen molar-refractivity contribution in [1.29, 1.82) is 0 Å². The van der Waals surface area contributed by atoms with Gasteiger partial charge in [0.1, 0.15) is 11.9 Å². The number of piperidine rings is 1. The van der Waals surface area contributed by atoms with Crippen molar-refractivity contribution in [3.05, 3.63) is 54.5 Å². The normalized spacial score (nSPS) is 21.5. The lowest BCUT2D eigenvalue weighted by molar-refractivity contribution is 0.147. The molecule has 1 atom stereocenters. The Hall–Kier alpha value is -2.25. The van der Waals surface area contributed by atoms with E-state index in [1.54, 1.807) is 7.11 Å². The van der Waals surface area contributed by atoms with Crippen molar-refractivity contribution in [3.8, 4) is 5.75 Å². The third kappa shape index (κ3) is 3.76. The molecular weight excluding hydrogens is 399 g/mol. The van der Waals surface area contributed by atoms with Gasteiger partial charge in [-0.05, 0) is 50.1 Å². The van der Waals surface area contributed by atoms with Crippen LogP contribution < -0.4 is 9.64 Å². The highest BCUT2D eigenvalue weighted by atomic mass is 32.2.